The number of phenols is 1. The summed E-state index contributed by atoms with van der Waals surface area (Å²) in [5.41, 5.74) is 2.82. The number of hydrogen-bond acceptors (Lipinski definition) is 3. The van der Waals surface area contributed by atoms with Crippen LogP contribution in [0.15, 0.2) is 42.5 Å². The smallest absolute Gasteiger partial charge is 0.258 e. The van der Waals surface area contributed by atoms with Crippen molar-refractivity contribution in [2.24, 2.45) is 0 Å². The molecule has 0 saturated heterocycles. The first-order valence-corrected chi connectivity index (χ1v) is 6.28. The van der Waals surface area contributed by atoms with Gasteiger partial charge in [-0.3, -0.25) is 4.79 Å². The van der Waals surface area contributed by atoms with Crippen molar-refractivity contribution in [1.82, 2.24) is 4.90 Å². The number of carbonyl (C=O) groups is 1. The Morgan fingerprint density at radius 3 is 2.60 bits per heavy atom. The number of hydrogen-bond donors (Lipinski definition) is 1. The van der Waals surface area contributed by atoms with Gasteiger partial charge in [-0.05, 0) is 29.3 Å². The Bertz CT molecular complexity index is 714. The van der Waals surface area contributed by atoms with E-state index in [1.54, 1.807) is 23.1 Å². The zero-order valence-corrected chi connectivity index (χ0v) is 10.7. The fourth-order valence-corrected chi connectivity index (χ4v) is 2.43. The third-order valence-electron chi connectivity index (χ3n) is 3.45. The van der Waals surface area contributed by atoms with E-state index >= 15 is 0 Å². The van der Waals surface area contributed by atoms with Gasteiger partial charge in [0.15, 0.2) is 0 Å². The molecule has 4 nitrogen and oxygen atoms in total. The number of aromatic hydroxyl groups is 1. The molecule has 0 spiro atoms. The van der Waals surface area contributed by atoms with Crippen molar-refractivity contribution in [3.8, 4) is 11.8 Å². The Hall–Kier alpha value is -2.80. The van der Waals surface area contributed by atoms with Crippen LogP contribution in [-0.2, 0) is 13.1 Å². The van der Waals surface area contributed by atoms with Gasteiger partial charge in [-0.15, -0.1) is 0 Å². The van der Waals surface area contributed by atoms with Crippen LogP contribution in [0.25, 0.3) is 0 Å². The monoisotopic (exact) mass is 264 g/mol. The molecule has 1 aliphatic heterocycles. The lowest BCUT2D eigenvalue weighted by Gasteiger charge is -2.15. The minimum Gasteiger partial charge on any atom is -0.507 e. The maximum Gasteiger partial charge on any atom is 0.258 e. The first kappa shape index (κ1) is 12.2. The first-order valence-electron chi connectivity index (χ1n) is 6.28. The van der Waals surface area contributed by atoms with Gasteiger partial charge in [0, 0.05) is 13.1 Å². The zero-order chi connectivity index (χ0) is 14.1. The number of benzene rings is 2. The third-order valence-corrected chi connectivity index (χ3v) is 3.45. The van der Waals surface area contributed by atoms with Gasteiger partial charge < -0.3 is 10.0 Å². The van der Waals surface area contributed by atoms with Gasteiger partial charge in [0.05, 0.1) is 17.2 Å². The summed E-state index contributed by atoms with van der Waals surface area (Å²) in [6.45, 7) is 0.973. The molecule has 4 heteroatoms. The molecule has 1 aliphatic rings. The van der Waals surface area contributed by atoms with E-state index in [4.69, 9.17) is 5.26 Å². The predicted molar refractivity (Wildman–Crippen MR) is 72.8 cm³/mol. The second-order valence-electron chi connectivity index (χ2n) is 4.78. The van der Waals surface area contributed by atoms with E-state index in [1.165, 1.54) is 6.07 Å². The Labute approximate surface area is 116 Å². The van der Waals surface area contributed by atoms with E-state index in [0.29, 0.717) is 24.2 Å². The number of carbonyl (C=O) groups excluding carboxylic acids is 1. The molecule has 2 aromatic carbocycles. The van der Waals surface area contributed by atoms with Crippen molar-refractivity contribution in [3.05, 3.63) is 64.7 Å². The molecule has 0 atom stereocenters. The number of rotatable bonds is 2. The SMILES string of the molecule is N#Cc1ccc(CN2Cc3cccc(O)c3C2=O)cc1. The maximum atomic E-state index is 12.3. The summed E-state index contributed by atoms with van der Waals surface area (Å²) in [6, 6.07) is 14.3. The molecule has 1 amide bonds. The van der Waals surface area contributed by atoms with Crippen LogP contribution in [0.3, 0.4) is 0 Å². The Balaban J connectivity index is 1.82. The van der Waals surface area contributed by atoms with Crippen molar-refractivity contribution in [1.29, 1.82) is 5.26 Å². The maximum absolute atomic E-state index is 12.3. The van der Waals surface area contributed by atoms with Crippen LogP contribution < -0.4 is 0 Å². The van der Waals surface area contributed by atoms with E-state index < -0.39 is 0 Å². The Kier molecular flexibility index (Phi) is 2.88. The molecule has 0 radical (unpaired) electrons. The Morgan fingerprint density at radius 2 is 1.95 bits per heavy atom. The van der Waals surface area contributed by atoms with Gasteiger partial charge in [0.2, 0.25) is 0 Å². The van der Waals surface area contributed by atoms with Crippen LogP contribution in [0.2, 0.25) is 0 Å². The van der Waals surface area contributed by atoms with E-state index in [0.717, 1.165) is 11.1 Å². The first-order chi connectivity index (χ1) is 9.69. The summed E-state index contributed by atoms with van der Waals surface area (Å²) >= 11 is 0. The molecule has 0 bridgehead atoms. The lowest BCUT2D eigenvalue weighted by atomic mass is 10.1. The van der Waals surface area contributed by atoms with Crippen molar-refractivity contribution in [3.63, 3.8) is 0 Å². The van der Waals surface area contributed by atoms with E-state index in [1.807, 2.05) is 18.2 Å². The summed E-state index contributed by atoms with van der Waals surface area (Å²) in [6.07, 6.45) is 0. The average molecular weight is 264 g/mol. The highest BCUT2D eigenvalue weighted by Gasteiger charge is 2.29. The van der Waals surface area contributed by atoms with Crippen molar-refractivity contribution in [2.75, 3.05) is 0 Å². The topological polar surface area (TPSA) is 64.3 Å². The molecule has 1 N–H and O–H groups in total. The minimum atomic E-state index is -0.151. The number of nitriles is 1. The van der Waals surface area contributed by atoms with E-state index in [-0.39, 0.29) is 11.7 Å². The van der Waals surface area contributed by atoms with Crippen LogP contribution in [0.5, 0.6) is 5.75 Å². The predicted octanol–water partition coefficient (Wildman–Crippen LogP) is 2.42. The van der Waals surface area contributed by atoms with Gasteiger partial charge >= 0.3 is 0 Å². The number of nitrogens with zero attached hydrogens (tertiary/aromatic N) is 2. The Morgan fingerprint density at radius 1 is 1.20 bits per heavy atom. The molecular weight excluding hydrogens is 252 g/mol. The zero-order valence-electron chi connectivity index (χ0n) is 10.7. The molecule has 0 saturated carbocycles. The summed E-state index contributed by atoms with van der Waals surface area (Å²) in [7, 11) is 0. The molecule has 0 aliphatic carbocycles. The number of phenolic OH excluding ortho intramolecular Hbond substituents is 1. The normalized spacial score (nSPS) is 13.2. The summed E-state index contributed by atoms with van der Waals surface area (Å²) in [5, 5.41) is 18.5. The molecule has 3 rings (SSSR count). The van der Waals surface area contributed by atoms with Crippen LogP contribution in [-0.4, -0.2) is 15.9 Å². The molecule has 20 heavy (non-hydrogen) atoms. The van der Waals surface area contributed by atoms with Crippen molar-refractivity contribution in [2.45, 2.75) is 13.1 Å². The number of fused-ring (bicyclic) bond motifs is 1. The fourth-order valence-electron chi connectivity index (χ4n) is 2.43. The van der Waals surface area contributed by atoms with Gasteiger partial charge in [-0.1, -0.05) is 24.3 Å². The molecule has 98 valence electrons. The van der Waals surface area contributed by atoms with Crippen LogP contribution in [0.4, 0.5) is 0 Å². The van der Waals surface area contributed by atoms with Gasteiger partial charge in [-0.2, -0.15) is 5.26 Å². The summed E-state index contributed by atoms with van der Waals surface area (Å²) in [4.78, 5) is 13.9. The van der Waals surface area contributed by atoms with Gasteiger partial charge in [-0.25, -0.2) is 0 Å². The average Bonchev–Trinajstić information content (AvgIpc) is 2.78. The minimum absolute atomic E-state index is 0.0369. The fraction of sp³-hybridized carbons (Fsp3) is 0.125. The molecule has 0 unspecified atom stereocenters. The quantitative estimate of drug-likeness (QED) is 0.906. The molecule has 2 aromatic rings. The third kappa shape index (κ3) is 1.99. The van der Waals surface area contributed by atoms with Crippen LogP contribution >= 0.6 is 0 Å². The van der Waals surface area contributed by atoms with Gasteiger partial charge in [0.1, 0.15) is 5.75 Å². The molecule has 0 fully saturated rings. The summed E-state index contributed by atoms with van der Waals surface area (Å²) in [5.74, 6) is -0.114. The van der Waals surface area contributed by atoms with E-state index in [9.17, 15) is 9.90 Å². The largest absolute Gasteiger partial charge is 0.507 e. The molecular formula is C16H12N2O2. The van der Waals surface area contributed by atoms with Crippen LogP contribution in [0.1, 0.15) is 27.0 Å². The summed E-state index contributed by atoms with van der Waals surface area (Å²) < 4.78 is 0. The lowest BCUT2D eigenvalue weighted by molar-refractivity contribution is 0.0764. The highest BCUT2D eigenvalue weighted by atomic mass is 16.3. The highest BCUT2D eigenvalue weighted by Crippen LogP contribution is 2.30. The van der Waals surface area contributed by atoms with Crippen molar-refractivity contribution < 1.29 is 9.90 Å². The number of amides is 1. The molecule has 1 heterocycles. The molecule has 0 aromatic heterocycles. The second kappa shape index (κ2) is 4.71. The standard InChI is InChI=1S/C16H12N2O2/c17-8-11-4-6-12(7-5-11)9-18-10-13-2-1-3-14(19)15(13)16(18)20/h1-7,19H,9-10H2. The van der Waals surface area contributed by atoms with E-state index in [2.05, 4.69) is 6.07 Å². The van der Waals surface area contributed by atoms with Crippen molar-refractivity contribution >= 4 is 5.91 Å². The highest BCUT2D eigenvalue weighted by molar-refractivity contribution is 6.00. The lowest BCUT2D eigenvalue weighted by Crippen LogP contribution is -2.23. The van der Waals surface area contributed by atoms with Crippen LogP contribution in [0, 0.1) is 11.3 Å². The second-order valence-corrected chi connectivity index (χ2v) is 4.78. The van der Waals surface area contributed by atoms with Gasteiger partial charge in [0.25, 0.3) is 5.91 Å².